The molecule has 1 fully saturated rings. The van der Waals surface area contributed by atoms with E-state index >= 15 is 0 Å². The molecule has 0 spiro atoms. The van der Waals surface area contributed by atoms with Crippen LogP contribution in [-0.4, -0.2) is 93.2 Å². The number of carboxylic acids is 4. The van der Waals surface area contributed by atoms with Gasteiger partial charge in [-0.15, -0.1) is 0 Å². The Hall–Kier alpha value is -4.42. The summed E-state index contributed by atoms with van der Waals surface area (Å²) in [6, 6.07) is 18.9. The minimum atomic E-state index is -1.26. The molecule has 0 aliphatic carbocycles. The van der Waals surface area contributed by atoms with Gasteiger partial charge in [-0.05, 0) is 30.8 Å². The summed E-state index contributed by atoms with van der Waals surface area (Å²) in [6.07, 6.45) is 2.94. The van der Waals surface area contributed by atoms with Gasteiger partial charge in [0, 0.05) is 66.7 Å². The molecule has 1 aliphatic rings. The third kappa shape index (κ3) is 15.4. The van der Waals surface area contributed by atoms with E-state index in [9.17, 15) is 19.2 Å². The van der Waals surface area contributed by atoms with Crippen molar-refractivity contribution in [2.24, 2.45) is 0 Å². The fourth-order valence-electron chi connectivity index (χ4n) is 3.02. The van der Waals surface area contributed by atoms with E-state index in [0.717, 1.165) is 32.0 Å². The van der Waals surface area contributed by atoms with Crippen molar-refractivity contribution >= 4 is 41.5 Å². The van der Waals surface area contributed by atoms with Crippen LogP contribution < -0.4 is 0 Å². The van der Waals surface area contributed by atoms with Crippen LogP contribution in [0.15, 0.2) is 88.7 Å². The van der Waals surface area contributed by atoms with Crippen molar-refractivity contribution in [2.45, 2.75) is 16.2 Å². The highest BCUT2D eigenvalue weighted by Crippen LogP contribution is 2.30. The molecule has 12 heteroatoms. The van der Waals surface area contributed by atoms with Crippen molar-refractivity contribution in [3.63, 3.8) is 0 Å². The van der Waals surface area contributed by atoms with Crippen LogP contribution in [0.25, 0.3) is 0 Å². The van der Waals surface area contributed by atoms with Gasteiger partial charge in [-0.3, -0.25) is 5.41 Å². The van der Waals surface area contributed by atoms with Gasteiger partial charge < -0.3 is 30.2 Å². The summed E-state index contributed by atoms with van der Waals surface area (Å²) in [5.74, 6) is -4.29. The third-order valence-electron chi connectivity index (χ3n) is 4.92. The molecule has 0 aromatic heterocycles. The summed E-state index contributed by atoms with van der Waals surface area (Å²) in [7, 11) is 2.15. The number of rotatable bonds is 8. The Labute approximate surface area is 230 Å². The monoisotopic (exact) mass is 557 g/mol. The Bertz CT molecular complexity index is 1110. The van der Waals surface area contributed by atoms with E-state index in [2.05, 4.69) is 65.4 Å². The first-order chi connectivity index (χ1) is 18.5. The van der Waals surface area contributed by atoms with Gasteiger partial charge in [-0.1, -0.05) is 48.2 Å². The van der Waals surface area contributed by atoms with Crippen LogP contribution >= 0.6 is 11.8 Å². The number of piperazine rings is 1. The Morgan fingerprint density at radius 1 is 0.744 bits per heavy atom. The second-order valence-electron chi connectivity index (χ2n) is 7.96. The van der Waals surface area contributed by atoms with Gasteiger partial charge in [0.2, 0.25) is 0 Å². The highest BCUT2D eigenvalue weighted by Gasteiger charge is 2.17. The Morgan fingerprint density at radius 2 is 1.18 bits per heavy atom. The molecule has 5 N–H and O–H groups in total. The molecule has 0 saturated carbocycles. The number of carboxylic acid groups (broad SMARTS) is 4. The van der Waals surface area contributed by atoms with Crippen LogP contribution in [0.2, 0.25) is 0 Å². The smallest absolute Gasteiger partial charge is 0.328 e. The van der Waals surface area contributed by atoms with Crippen molar-refractivity contribution in [3.8, 4) is 0 Å². The van der Waals surface area contributed by atoms with Crippen molar-refractivity contribution < 1.29 is 39.6 Å². The Balaban J connectivity index is 0.000000393. The lowest BCUT2D eigenvalue weighted by Crippen LogP contribution is -2.47. The number of hydrogen-bond donors (Lipinski definition) is 5. The van der Waals surface area contributed by atoms with E-state index in [-0.39, 0.29) is 0 Å². The van der Waals surface area contributed by atoms with Crippen LogP contribution in [-0.2, 0) is 25.6 Å². The predicted molar refractivity (Wildman–Crippen MR) is 146 cm³/mol. The molecule has 0 amide bonds. The molecule has 0 atom stereocenters. The second-order valence-corrected chi connectivity index (χ2v) is 9.07. The zero-order chi connectivity index (χ0) is 29.2. The number of benzene rings is 2. The molecular formula is C27H31N3O8S. The van der Waals surface area contributed by atoms with Crippen LogP contribution in [0.5, 0.6) is 0 Å². The lowest BCUT2D eigenvalue weighted by molar-refractivity contribution is -0.134. The van der Waals surface area contributed by atoms with E-state index in [1.165, 1.54) is 15.4 Å². The molecule has 3 rings (SSSR count). The van der Waals surface area contributed by atoms with Crippen molar-refractivity contribution in [1.82, 2.24) is 9.80 Å². The summed E-state index contributed by atoms with van der Waals surface area (Å²) in [5.41, 5.74) is 1.24. The normalized spacial score (nSPS) is 13.1. The zero-order valence-corrected chi connectivity index (χ0v) is 22.1. The average molecular weight is 558 g/mol. The minimum Gasteiger partial charge on any atom is -0.478 e. The fourth-order valence-corrected chi connectivity index (χ4v) is 3.98. The first-order valence-corrected chi connectivity index (χ1v) is 12.4. The second kappa shape index (κ2) is 17.9. The molecule has 11 nitrogen and oxygen atoms in total. The number of nitrogens with one attached hydrogen (secondary N) is 1. The maximum absolute atomic E-state index is 9.55. The molecule has 0 unspecified atom stereocenters. The van der Waals surface area contributed by atoms with Gasteiger partial charge in [-0.2, -0.15) is 0 Å². The lowest BCUT2D eigenvalue weighted by Gasteiger charge is -2.34. The molecule has 0 radical (unpaired) electrons. The fraction of sp³-hybridized carbons (Fsp3) is 0.222. The van der Waals surface area contributed by atoms with Gasteiger partial charge in [0.1, 0.15) is 5.84 Å². The van der Waals surface area contributed by atoms with E-state index < -0.39 is 23.9 Å². The van der Waals surface area contributed by atoms with Crippen molar-refractivity contribution in [2.75, 3.05) is 33.2 Å². The Kier molecular flexibility index (Phi) is 15.0. The predicted octanol–water partition coefficient (Wildman–Crippen LogP) is 3.03. The maximum Gasteiger partial charge on any atom is 0.328 e. The van der Waals surface area contributed by atoms with Gasteiger partial charge in [0.05, 0.1) is 0 Å². The molecule has 1 heterocycles. The number of nitrogens with zero attached hydrogens (tertiary/aromatic N) is 2. The average Bonchev–Trinajstić information content (AvgIpc) is 2.89. The summed E-state index contributed by atoms with van der Waals surface area (Å²) < 4.78 is 0. The SMILES string of the molecule is CN1CCN(C(=N)Cc2ccccc2Sc2ccccc2)CC1.O=C(O)/C=C/C(=O)O.O=C(O)/C=C/C(=O)O. The van der Waals surface area contributed by atoms with Gasteiger partial charge in [0.15, 0.2) is 0 Å². The molecule has 1 saturated heterocycles. The van der Waals surface area contributed by atoms with Crippen LogP contribution in [0.4, 0.5) is 0 Å². The standard InChI is InChI=1S/C19H23N3S.2C4H4O4/c1-21-11-13-22(14-12-21)19(20)15-16-7-5-6-10-18(16)23-17-8-3-2-4-9-17;2*5-3(6)1-2-4(7)8/h2-10,20H,11-15H2,1H3;2*1-2H,(H,5,6)(H,7,8)/b;2*2-1+. The van der Waals surface area contributed by atoms with Gasteiger partial charge >= 0.3 is 23.9 Å². The summed E-state index contributed by atoms with van der Waals surface area (Å²) in [5, 5.41) is 39.7. The highest BCUT2D eigenvalue weighted by atomic mass is 32.2. The number of likely N-dealkylation sites (N-methyl/N-ethyl adjacent to an activating group) is 1. The van der Waals surface area contributed by atoms with Gasteiger partial charge in [-0.25, -0.2) is 19.2 Å². The molecule has 1 aliphatic heterocycles. The van der Waals surface area contributed by atoms with Crippen LogP contribution in [0.3, 0.4) is 0 Å². The van der Waals surface area contributed by atoms with Crippen LogP contribution in [0, 0.1) is 5.41 Å². The topological polar surface area (TPSA) is 180 Å². The number of carbonyl (C=O) groups is 4. The Morgan fingerprint density at radius 3 is 1.64 bits per heavy atom. The molecule has 0 bridgehead atoms. The number of amidine groups is 1. The van der Waals surface area contributed by atoms with E-state index in [0.29, 0.717) is 30.7 Å². The largest absolute Gasteiger partial charge is 0.478 e. The number of hydrogen-bond acceptors (Lipinski definition) is 7. The zero-order valence-electron chi connectivity index (χ0n) is 21.3. The molecule has 2 aromatic rings. The number of aliphatic carboxylic acids is 4. The third-order valence-corrected chi connectivity index (χ3v) is 6.05. The summed E-state index contributed by atoms with van der Waals surface area (Å²) in [4.78, 5) is 45.2. The van der Waals surface area contributed by atoms with Crippen molar-refractivity contribution in [1.29, 1.82) is 5.41 Å². The van der Waals surface area contributed by atoms with E-state index in [1.807, 2.05) is 6.07 Å². The minimum absolute atomic E-state index is 0.558. The quantitative estimate of drug-likeness (QED) is 0.183. The first kappa shape index (κ1) is 32.6. The maximum atomic E-state index is 9.55. The van der Waals surface area contributed by atoms with E-state index in [4.69, 9.17) is 25.8 Å². The molecule has 208 valence electrons. The molecule has 2 aromatic carbocycles. The summed E-state index contributed by atoms with van der Waals surface area (Å²) in [6.45, 7) is 4.01. The molecular weight excluding hydrogens is 526 g/mol. The lowest BCUT2D eigenvalue weighted by atomic mass is 10.1. The molecule has 39 heavy (non-hydrogen) atoms. The highest BCUT2D eigenvalue weighted by molar-refractivity contribution is 7.99. The van der Waals surface area contributed by atoms with Crippen LogP contribution in [0.1, 0.15) is 5.56 Å². The summed E-state index contributed by atoms with van der Waals surface area (Å²) >= 11 is 1.78. The first-order valence-electron chi connectivity index (χ1n) is 11.6. The van der Waals surface area contributed by atoms with Crippen molar-refractivity contribution in [3.05, 3.63) is 84.5 Å². The van der Waals surface area contributed by atoms with Gasteiger partial charge in [0.25, 0.3) is 0 Å². The van der Waals surface area contributed by atoms with E-state index in [1.54, 1.807) is 11.8 Å².